The Hall–Kier alpha value is -2.20. The van der Waals surface area contributed by atoms with Crippen LogP contribution in [0.2, 0.25) is 0 Å². The third-order valence-electron chi connectivity index (χ3n) is 3.43. The number of benzene rings is 2. The average Bonchev–Trinajstić information content (AvgIpc) is 2.54. The Kier molecular flexibility index (Phi) is 6.10. The van der Waals surface area contributed by atoms with Gasteiger partial charge in [0.25, 0.3) is 0 Å². The van der Waals surface area contributed by atoms with E-state index in [2.05, 4.69) is 0 Å². The summed E-state index contributed by atoms with van der Waals surface area (Å²) in [5.74, 6) is -0.451. The van der Waals surface area contributed by atoms with Crippen molar-refractivity contribution < 1.29 is 13.9 Å². The van der Waals surface area contributed by atoms with Crippen LogP contribution in [0.5, 0.6) is 0 Å². The highest BCUT2D eigenvalue weighted by atomic mass is 19.1. The van der Waals surface area contributed by atoms with E-state index in [4.69, 9.17) is 4.74 Å². The van der Waals surface area contributed by atoms with Crippen LogP contribution in [0.1, 0.15) is 11.1 Å². The zero-order valence-corrected chi connectivity index (χ0v) is 12.7. The molecular formula is C18H20FNO2. The Balaban J connectivity index is 2.07. The lowest BCUT2D eigenvalue weighted by molar-refractivity contribution is -0.131. The second-order valence-electron chi connectivity index (χ2n) is 5.06. The molecule has 2 rings (SSSR count). The summed E-state index contributed by atoms with van der Waals surface area (Å²) in [5, 5.41) is 0. The molecule has 0 saturated heterocycles. The predicted octanol–water partition coefficient (Wildman–Crippen LogP) is 3.04. The van der Waals surface area contributed by atoms with Crippen molar-refractivity contribution in [2.24, 2.45) is 0 Å². The van der Waals surface area contributed by atoms with E-state index in [0.29, 0.717) is 25.3 Å². The van der Waals surface area contributed by atoms with Crippen LogP contribution in [0.15, 0.2) is 54.6 Å². The molecule has 0 aliphatic heterocycles. The molecule has 0 aliphatic rings. The molecule has 0 atom stereocenters. The number of carbonyl (C=O) groups excluding carboxylic acids is 1. The van der Waals surface area contributed by atoms with Crippen LogP contribution in [0, 0.1) is 5.82 Å². The smallest absolute Gasteiger partial charge is 0.227 e. The van der Waals surface area contributed by atoms with Crippen LogP contribution in [0.25, 0.3) is 0 Å². The van der Waals surface area contributed by atoms with E-state index in [1.807, 2.05) is 30.3 Å². The highest BCUT2D eigenvalue weighted by Crippen LogP contribution is 2.11. The third kappa shape index (κ3) is 4.67. The van der Waals surface area contributed by atoms with Crippen molar-refractivity contribution in [3.8, 4) is 0 Å². The molecule has 0 fully saturated rings. The summed E-state index contributed by atoms with van der Waals surface area (Å²) in [4.78, 5) is 14.2. The average molecular weight is 301 g/mol. The summed E-state index contributed by atoms with van der Waals surface area (Å²) in [6, 6.07) is 16.1. The van der Waals surface area contributed by atoms with Crippen molar-refractivity contribution in [3.63, 3.8) is 0 Å². The molecule has 0 N–H and O–H groups in total. The maximum atomic E-state index is 13.7. The Labute approximate surface area is 130 Å². The zero-order valence-electron chi connectivity index (χ0n) is 12.7. The second-order valence-corrected chi connectivity index (χ2v) is 5.06. The van der Waals surface area contributed by atoms with Crippen LogP contribution >= 0.6 is 0 Å². The summed E-state index contributed by atoms with van der Waals surface area (Å²) >= 11 is 0. The molecule has 0 aliphatic carbocycles. The largest absolute Gasteiger partial charge is 0.383 e. The van der Waals surface area contributed by atoms with Crippen molar-refractivity contribution in [2.75, 3.05) is 20.3 Å². The number of amides is 1. The number of carbonyl (C=O) groups is 1. The van der Waals surface area contributed by atoms with E-state index in [1.54, 1.807) is 30.2 Å². The highest BCUT2D eigenvalue weighted by molar-refractivity contribution is 5.78. The van der Waals surface area contributed by atoms with Crippen LogP contribution < -0.4 is 0 Å². The number of methoxy groups -OCH3 is 1. The SMILES string of the molecule is COCCN(Cc1ccccc1)C(=O)Cc1ccccc1F. The van der Waals surface area contributed by atoms with Gasteiger partial charge in [0.1, 0.15) is 5.82 Å². The molecule has 0 radical (unpaired) electrons. The third-order valence-corrected chi connectivity index (χ3v) is 3.43. The van der Waals surface area contributed by atoms with Crippen molar-refractivity contribution in [3.05, 3.63) is 71.5 Å². The van der Waals surface area contributed by atoms with Gasteiger partial charge >= 0.3 is 0 Å². The first-order chi connectivity index (χ1) is 10.7. The molecule has 0 aromatic heterocycles. The van der Waals surface area contributed by atoms with Crippen LogP contribution in [0.4, 0.5) is 4.39 Å². The van der Waals surface area contributed by atoms with E-state index in [9.17, 15) is 9.18 Å². The molecule has 0 heterocycles. The van der Waals surface area contributed by atoms with Crippen molar-refractivity contribution in [1.29, 1.82) is 0 Å². The molecule has 2 aromatic rings. The monoisotopic (exact) mass is 301 g/mol. The van der Waals surface area contributed by atoms with Gasteiger partial charge in [0.15, 0.2) is 0 Å². The zero-order chi connectivity index (χ0) is 15.8. The molecule has 116 valence electrons. The maximum absolute atomic E-state index is 13.7. The lowest BCUT2D eigenvalue weighted by atomic mass is 10.1. The fraction of sp³-hybridized carbons (Fsp3) is 0.278. The lowest BCUT2D eigenvalue weighted by Crippen LogP contribution is -2.34. The van der Waals surface area contributed by atoms with E-state index < -0.39 is 0 Å². The molecule has 1 amide bonds. The minimum atomic E-state index is -0.345. The maximum Gasteiger partial charge on any atom is 0.227 e. The van der Waals surface area contributed by atoms with Crippen LogP contribution in [-0.2, 0) is 22.5 Å². The fourth-order valence-corrected chi connectivity index (χ4v) is 2.21. The van der Waals surface area contributed by atoms with Crippen molar-refractivity contribution in [1.82, 2.24) is 4.90 Å². The van der Waals surface area contributed by atoms with Gasteiger partial charge in [0, 0.05) is 20.2 Å². The van der Waals surface area contributed by atoms with Gasteiger partial charge in [-0.1, -0.05) is 48.5 Å². The van der Waals surface area contributed by atoms with Gasteiger partial charge in [0.05, 0.1) is 13.0 Å². The first-order valence-electron chi connectivity index (χ1n) is 7.24. The fourth-order valence-electron chi connectivity index (χ4n) is 2.21. The van der Waals surface area contributed by atoms with Gasteiger partial charge in [-0.2, -0.15) is 0 Å². The highest BCUT2D eigenvalue weighted by Gasteiger charge is 2.16. The van der Waals surface area contributed by atoms with E-state index in [1.165, 1.54) is 6.07 Å². The van der Waals surface area contributed by atoms with Crippen LogP contribution in [-0.4, -0.2) is 31.1 Å². The molecule has 2 aromatic carbocycles. The lowest BCUT2D eigenvalue weighted by Gasteiger charge is -2.23. The molecular weight excluding hydrogens is 281 g/mol. The van der Waals surface area contributed by atoms with Crippen LogP contribution in [0.3, 0.4) is 0 Å². The summed E-state index contributed by atoms with van der Waals surface area (Å²) in [7, 11) is 1.60. The van der Waals surface area contributed by atoms with E-state index in [0.717, 1.165) is 5.56 Å². The van der Waals surface area contributed by atoms with Gasteiger partial charge in [-0.3, -0.25) is 4.79 Å². The Morgan fingerprint density at radius 2 is 1.77 bits per heavy atom. The van der Waals surface area contributed by atoms with Crippen molar-refractivity contribution >= 4 is 5.91 Å². The molecule has 0 saturated carbocycles. The van der Waals surface area contributed by atoms with Gasteiger partial charge in [0.2, 0.25) is 5.91 Å². The van der Waals surface area contributed by atoms with Gasteiger partial charge < -0.3 is 9.64 Å². The molecule has 0 bridgehead atoms. The minimum absolute atomic E-state index is 0.0588. The predicted molar refractivity (Wildman–Crippen MR) is 83.8 cm³/mol. The van der Waals surface area contributed by atoms with Gasteiger partial charge in [-0.15, -0.1) is 0 Å². The van der Waals surface area contributed by atoms with Crippen molar-refractivity contribution in [2.45, 2.75) is 13.0 Å². The summed E-state index contributed by atoms with van der Waals surface area (Å²) < 4.78 is 18.8. The topological polar surface area (TPSA) is 29.5 Å². The molecule has 22 heavy (non-hydrogen) atoms. The number of halogens is 1. The molecule has 3 nitrogen and oxygen atoms in total. The number of ether oxygens (including phenoxy) is 1. The summed E-state index contributed by atoms with van der Waals surface area (Å²) in [6.45, 7) is 1.44. The Bertz CT molecular complexity index is 601. The first-order valence-corrected chi connectivity index (χ1v) is 7.24. The standard InChI is InChI=1S/C18H20FNO2/c1-22-12-11-20(14-15-7-3-2-4-8-15)18(21)13-16-9-5-6-10-17(16)19/h2-10H,11-14H2,1H3. The summed E-state index contributed by atoms with van der Waals surface area (Å²) in [6.07, 6.45) is 0.0588. The molecule has 4 heteroatoms. The minimum Gasteiger partial charge on any atom is -0.383 e. The first kappa shape index (κ1) is 16.2. The Morgan fingerprint density at radius 3 is 2.45 bits per heavy atom. The summed E-state index contributed by atoms with van der Waals surface area (Å²) in [5.41, 5.74) is 1.46. The number of hydrogen-bond acceptors (Lipinski definition) is 2. The molecule has 0 spiro atoms. The quantitative estimate of drug-likeness (QED) is 0.786. The van der Waals surface area contributed by atoms with E-state index >= 15 is 0 Å². The number of nitrogens with zero attached hydrogens (tertiary/aromatic N) is 1. The van der Waals surface area contributed by atoms with Gasteiger partial charge in [-0.05, 0) is 17.2 Å². The number of hydrogen-bond donors (Lipinski definition) is 0. The Morgan fingerprint density at radius 1 is 1.09 bits per heavy atom. The molecule has 0 unspecified atom stereocenters. The normalized spacial score (nSPS) is 10.5. The number of rotatable bonds is 7. The van der Waals surface area contributed by atoms with E-state index in [-0.39, 0.29) is 18.1 Å². The van der Waals surface area contributed by atoms with Gasteiger partial charge in [-0.25, -0.2) is 4.39 Å². The second kappa shape index (κ2) is 8.29.